The quantitative estimate of drug-likeness (QED) is 0.0786. The van der Waals surface area contributed by atoms with Crippen LogP contribution in [0.25, 0.3) is 20.2 Å². The van der Waals surface area contributed by atoms with E-state index in [0.717, 1.165) is 72.8 Å². The Labute approximate surface area is 299 Å². The summed E-state index contributed by atoms with van der Waals surface area (Å²) in [5.74, 6) is -3.29. The zero-order valence-electron chi connectivity index (χ0n) is 26.3. The highest BCUT2D eigenvalue weighted by molar-refractivity contribution is 7.19. The first-order valence-corrected chi connectivity index (χ1v) is 16.7. The number of hydrogen-bond donors (Lipinski definition) is 0. The third-order valence-electron chi connectivity index (χ3n) is 7.73. The van der Waals surface area contributed by atoms with Gasteiger partial charge in [-0.15, -0.1) is 22.7 Å². The Kier molecular flexibility index (Phi) is 10.4. The van der Waals surface area contributed by atoms with E-state index in [0.29, 0.717) is 22.7 Å². The van der Waals surface area contributed by atoms with Crippen molar-refractivity contribution in [2.45, 2.75) is 38.4 Å². The van der Waals surface area contributed by atoms with Crippen molar-refractivity contribution in [3.63, 3.8) is 0 Å². The highest BCUT2D eigenvalue weighted by atomic mass is 32.1. The Morgan fingerprint density at radius 3 is 1.23 bits per heavy atom. The van der Waals surface area contributed by atoms with Crippen molar-refractivity contribution in [1.82, 2.24) is 0 Å². The van der Waals surface area contributed by atoms with Crippen molar-refractivity contribution in [3.05, 3.63) is 128 Å². The van der Waals surface area contributed by atoms with Crippen molar-refractivity contribution in [3.8, 4) is 11.5 Å². The topological polar surface area (TPSA) is 61.8 Å². The van der Waals surface area contributed by atoms with Crippen molar-refractivity contribution < 1.29 is 67.7 Å². The summed E-state index contributed by atoms with van der Waals surface area (Å²) in [6.45, 7) is -0.844. The molecule has 0 aliphatic carbocycles. The van der Waals surface area contributed by atoms with Crippen LogP contribution in [0.2, 0.25) is 0 Å². The standard InChI is InChI=1S/C36H20F10O5S2/c37-31(38)27-13-23-25(52-27)11-9-21(29(23)49-15-17-1-5-19(6-2-17)35(41,42)43)33(47)51-34(48)22-10-12-26-24(14-28(53-26)32(39)40)30(22)50-16-18-3-7-20(8-4-18)36(44,45)46/h1-14,31-32H,15-16H2. The summed E-state index contributed by atoms with van der Waals surface area (Å²) in [5.41, 5.74) is -2.26. The summed E-state index contributed by atoms with van der Waals surface area (Å²) in [5, 5.41) is 0.0535. The van der Waals surface area contributed by atoms with E-state index in [1.165, 1.54) is 12.1 Å². The van der Waals surface area contributed by atoms with Crippen LogP contribution < -0.4 is 9.47 Å². The van der Waals surface area contributed by atoms with Crippen LogP contribution >= 0.6 is 22.7 Å². The molecule has 0 radical (unpaired) electrons. The van der Waals surface area contributed by atoms with Crippen LogP contribution in [-0.2, 0) is 30.3 Å². The maximum absolute atomic E-state index is 13.6. The number of esters is 2. The van der Waals surface area contributed by atoms with Crippen LogP contribution in [0.1, 0.15) is 65.6 Å². The van der Waals surface area contributed by atoms with E-state index in [4.69, 9.17) is 14.2 Å². The minimum atomic E-state index is -4.61. The van der Waals surface area contributed by atoms with Gasteiger partial charge < -0.3 is 14.2 Å². The van der Waals surface area contributed by atoms with Crippen molar-refractivity contribution in [2.24, 2.45) is 0 Å². The summed E-state index contributed by atoms with van der Waals surface area (Å²) in [4.78, 5) is 26.3. The first kappa shape index (κ1) is 37.6. The summed E-state index contributed by atoms with van der Waals surface area (Å²) in [6, 6.07) is 14.7. The molecule has 2 heterocycles. The zero-order valence-corrected chi connectivity index (χ0v) is 27.9. The molecule has 2 aromatic heterocycles. The van der Waals surface area contributed by atoms with Crippen molar-refractivity contribution >= 4 is 54.8 Å². The van der Waals surface area contributed by atoms with Crippen LogP contribution in [0.15, 0.2) is 84.9 Å². The number of hydrogen-bond acceptors (Lipinski definition) is 7. The van der Waals surface area contributed by atoms with Gasteiger partial charge in [0.15, 0.2) is 0 Å². The van der Waals surface area contributed by atoms with E-state index in [1.54, 1.807) is 0 Å². The first-order chi connectivity index (χ1) is 25.0. The van der Waals surface area contributed by atoms with E-state index < -0.39 is 72.6 Å². The van der Waals surface area contributed by atoms with Gasteiger partial charge in [0.2, 0.25) is 0 Å². The van der Waals surface area contributed by atoms with Gasteiger partial charge in [-0.3, -0.25) is 0 Å². The molecule has 0 aliphatic rings. The van der Waals surface area contributed by atoms with Gasteiger partial charge in [-0.1, -0.05) is 24.3 Å². The number of alkyl halides is 10. The molecular formula is C36H20F10O5S2. The van der Waals surface area contributed by atoms with Gasteiger partial charge in [0.05, 0.1) is 20.9 Å². The number of halogens is 10. The van der Waals surface area contributed by atoms with Crippen molar-refractivity contribution in [2.75, 3.05) is 0 Å². The van der Waals surface area contributed by atoms with Gasteiger partial charge in [-0.25, -0.2) is 27.2 Å². The number of fused-ring (bicyclic) bond motifs is 2. The van der Waals surface area contributed by atoms with Crippen LogP contribution in [0.3, 0.4) is 0 Å². The predicted octanol–water partition coefficient (Wildman–Crippen LogP) is 12.2. The molecule has 0 bridgehead atoms. The van der Waals surface area contributed by atoms with Crippen molar-refractivity contribution in [1.29, 1.82) is 0 Å². The second kappa shape index (κ2) is 14.7. The largest absolute Gasteiger partial charge is 0.487 e. The van der Waals surface area contributed by atoms with Gasteiger partial charge in [0, 0.05) is 20.2 Å². The molecule has 0 saturated heterocycles. The Morgan fingerprint density at radius 2 is 0.906 bits per heavy atom. The molecule has 5 nitrogen and oxygen atoms in total. The number of rotatable bonds is 10. The second-order valence-corrected chi connectivity index (χ2v) is 13.5. The van der Waals surface area contributed by atoms with Crippen LogP contribution in [-0.4, -0.2) is 11.9 Å². The number of carbonyl (C=O) groups excluding carboxylic acids is 2. The van der Waals surface area contributed by atoms with Crippen LogP contribution in [0.5, 0.6) is 11.5 Å². The highest BCUT2D eigenvalue weighted by Crippen LogP contribution is 2.42. The third-order valence-corrected chi connectivity index (χ3v) is 9.94. The fourth-order valence-electron chi connectivity index (χ4n) is 5.14. The Morgan fingerprint density at radius 1 is 0.547 bits per heavy atom. The summed E-state index contributed by atoms with van der Waals surface area (Å²) >= 11 is 1.38. The number of thiophene rings is 2. The molecule has 6 rings (SSSR count). The normalized spacial score (nSPS) is 12.2. The molecule has 0 N–H and O–H groups in total. The lowest BCUT2D eigenvalue weighted by molar-refractivity contribution is -0.138. The molecule has 0 unspecified atom stereocenters. The van der Waals surface area contributed by atoms with Crippen LogP contribution in [0, 0.1) is 0 Å². The van der Waals surface area contributed by atoms with Gasteiger partial charge in [0.1, 0.15) is 35.8 Å². The first-order valence-electron chi connectivity index (χ1n) is 15.0. The lowest BCUT2D eigenvalue weighted by atomic mass is 10.1. The highest BCUT2D eigenvalue weighted by Gasteiger charge is 2.31. The zero-order chi connectivity index (χ0) is 38.2. The number of carbonyl (C=O) groups is 2. The van der Waals surface area contributed by atoms with Gasteiger partial charge in [0.25, 0.3) is 12.9 Å². The van der Waals surface area contributed by atoms with E-state index in [-0.39, 0.29) is 52.6 Å². The summed E-state index contributed by atoms with van der Waals surface area (Å²) in [7, 11) is 0. The monoisotopic (exact) mass is 786 g/mol. The third kappa shape index (κ3) is 8.25. The SMILES string of the molecule is O=C(OC(=O)c1ccc2sc(C(F)F)cc2c1OCc1ccc(C(F)(F)F)cc1)c1ccc2sc(C(F)F)cc2c1OCc1ccc(C(F)(F)F)cc1. The second-order valence-electron chi connectivity index (χ2n) is 11.3. The van der Waals surface area contributed by atoms with Gasteiger partial charge >= 0.3 is 24.3 Å². The minimum absolute atomic E-state index is 0.0268. The smallest absolute Gasteiger partial charge is 0.416 e. The Bertz CT molecular complexity index is 2130. The van der Waals surface area contributed by atoms with E-state index in [1.807, 2.05) is 0 Å². The lowest BCUT2D eigenvalue weighted by Crippen LogP contribution is -2.15. The average Bonchev–Trinajstić information content (AvgIpc) is 3.75. The molecule has 0 aliphatic heterocycles. The lowest BCUT2D eigenvalue weighted by Gasteiger charge is -2.15. The molecule has 0 atom stereocenters. The maximum atomic E-state index is 13.6. The van der Waals surface area contributed by atoms with Crippen LogP contribution in [0.4, 0.5) is 43.9 Å². The molecule has 53 heavy (non-hydrogen) atoms. The predicted molar refractivity (Wildman–Crippen MR) is 175 cm³/mol. The maximum Gasteiger partial charge on any atom is 0.416 e. The van der Waals surface area contributed by atoms with E-state index >= 15 is 0 Å². The molecule has 0 fully saturated rings. The fraction of sp³-hybridized carbons (Fsp3) is 0.167. The molecule has 17 heteroatoms. The fourth-order valence-corrected chi connectivity index (χ4v) is 6.98. The molecule has 0 amide bonds. The Balaban J connectivity index is 1.31. The molecule has 4 aromatic carbocycles. The minimum Gasteiger partial charge on any atom is -0.487 e. The molecule has 276 valence electrons. The van der Waals surface area contributed by atoms with Gasteiger partial charge in [-0.2, -0.15) is 26.3 Å². The summed E-state index contributed by atoms with van der Waals surface area (Å²) < 4.78 is 150. The average molecular weight is 787 g/mol. The van der Waals surface area contributed by atoms with Gasteiger partial charge in [-0.05, 0) is 71.8 Å². The molecule has 0 saturated carbocycles. The molecule has 0 spiro atoms. The number of benzene rings is 4. The Hall–Kier alpha value is -5.16. The molecule has 6 aromatic rings. The van der Waals surface area contributed by atoms with E-state index in [9.17, 15) is 53.5 Å². The number of ether oxygens (including phenoxy) is 3. The summed E-state index contributed by atoms with van der Waals surface area (Å²) in [6.07, 6.45) is -15.0. The molecular weight excluding hydrogens is 767 g/mol. The van der Waals surface area contributed by atoms with E-state index in [2.05, 4.69) is 0 Å².